The highest BCUT2D eigenvalue weighted by molar-refractivity contribution is 7.14. The zero-order chi connectivity index (χ0) is 18.8. The van der Waals surface area contributed by atoms with E-state index in [2.05, 4.69) is 20.5 Å². The van der Waals surface area contributed by atoms with Gasteiger partial charge in [0.05, 0.1) is 29.6 Å². The van der Waals surface area contributed by atoms with Crippen LogP contribution in [0.4, 0.5) is 5.13 Å². The van der Waals surface area contributed by atoms with E-state index in [-0.39, 0.29) is 12.3 Å². The number of ether oxygens (including phenoxy) is 2. The molecule has 3 aromatic rings. The molecular formula is C17H15N5O4S. The summed E-state index contributed by atoms with van der Waals surface area (Å²) in [6, 6.07) is 5.42. The van der Waals surface area contributed by atoms with Crippen LogP contribution in [0.1, 0.15) is 16.1 Å². The largest absolute Gasteiger partial charge is 0.486 e. The van der Waals surface area contributed by atoms with Crippen LogP contribution in [-0.4, -0.2) is 40.2 Å². The predicted molar refractivity (Wildman–Crippen MR) is 98.0 cm³/mol. The van der Waals surface area contributed by atoms with Crippen molar-refractivity contribution in [2.75, 3.05) is 18.5 Å². The number of fused-ring (bicyclic) bond motifs is 1. The van der Waals surface area contributed by atoms with Crippen LogP contribution in [0.5, 0.6) is 11.5 Å². The van der Waals surface area contributed by atoms with Gasteiger partial charge in [-0.1, -0.05) is 0 Å². The quantitative estimate of drug-likeness (QED) is 0.611. The molecule has 1 aliphatic rings. The van der Waals surface area contributed by atoms with E-state index in [0.717, 1.165) is 5.56 Å². The summed E-state index contributed by atoms with van der Waals surface area (Å²) in [5.74, 6) is 0.443. The maximum absolute atomic E-state index is 12.6. The number of amides is 2. The van der Waals surface area contributed by atoms with Gasteiger partial charge in [0.1, 0.15) is 13.2 Å². The van der Waals surface area contributed by atoms with Crippen LogP contribution in [0.15, 0.2) is 29.8 Å². The highest BCUT2D eigenvalue weighted by atomic mass is 32.1. The fraction of sp³-hybridized carbons (Fsp3) is 0.176. The Bertz CT molecular complexity index is 1010. The summed E-state index contributed by atoms with van der Waals surface area (Å²) in [4.78, 5) is 27.8. The number of carbonyl (C=O) groups is 2. The van der Waals surface area contributed by atoms with Gasteiger partial charge in [-0.25, -0.2) is 4.98 Å². The number of primary amides is 1. The van der Waals surface area contributed by atoms with E-state index in [4.69, 9.17) is 15.2 Å². The third-order valence-corrected chi connectivity index (χ3v) is 4.65. The van der Waals surface area contributed by atoms with Crippen LogP contribution in [0.3, 0.4) is 0 Å². The monoisotopic (exact) mass is 385 g/mol. The fourth-order valence-electron chi connectivity index (χ4n) is 2.67. The Hall–Kier alpha value is -3.40. The number of benzene rings is 1. The second-order valence-electron chi connectivity index (χ2n) is 5.76. The third kappa shape index (κ3) is 3.60. The van der Waals surface area contributed by atoms with Gasteiger partial charge in [-0.3, -0.25) is 20.0 Å². The number of nitrogens with two attached hydrogens (primary N) is 1. The summed E-state index contributed by atoms with van der Waals surface area (Å²) in [7, 11) is 0. The number of H-pyrrole nitrogens is 1. The van der Waals surface area contributed by atoms with E-state index in [1.165, 1.54) is 17.5 Å². The van der Waals surface area contributed by atoms with Crippen LogP contribution >= 0.6 is 11.3 Å². The highest BCUT2D eigenvalue weighted by Crippen LogP contribution is 2.35. The molecule has 0 saturated heterocycles. The van der Waals surface area contributed by atoms with Crippen LogP contribution in [0.25, 0.3) is 11.3 Å². The average molecular weight is 385 g/mol. The number of hydrogen-bond donors (Lipinski definition) is 3. The molecule has 0 spiro atoms. The molecule has 1 aromatic carbocycles. The first-order valence-corrected chi connectivity index (χ1v) is 8.95. The van der Waals surface area contributed by atoms with Gasteiger partial charge in [-0.2, -0.15) is 5.10 Å². The topological polar surface area (TPSA) is 132 Å². The molecule has 10 heteroatoms. The number of aromatic amines is 1. The van der Waals surface area contributed by atoms with Crippen molar-refractivity contribution >= 4 is 28.3 Å². The maximum Gasteiger partial charge on any atom is 0.261 e. The molecule has 0 bridgehead atoms. The lowest BCUT2D eigenvalue weighted by molar-refractivity contribution is -0.117. The van der Waals surface area contributed by atoms with E-state index in [9.17, 15) is 9.59 Å². The van der Waals surface area contributed by atoms with Gasteiger partial charge in [-0.15, -0.1) is 11.3 Å². The van der Waals surface area contributed by atoms with E-state index in [1.807, 2.05) is 6.07 Å². The minimum absolute atomic E-state index is 0.0283. The molecule has 0 radical (unpaired) electrons. The third-order valence-electron chi connectivity index (χ3n) is 3.84. The zero-order valence-electron chi connectivity index (χ0n) is 14.0. The number of hydrogen-bond acceptors (Lipinski definition) is 7. The molecule has 2 aromatic heterocycles. The molecule has 2 amide bonds. The number of rotatable bonds is 5. The molecule has 4 N–H and O–H groups in total. The van der Waals surface area contributed by atoms with Gasteiger partial charge >= 0.3 is 0 Å². The number of aromatic nitrogens is 3. The molecule has 0 saturated carbocycles. The van der Waals surface area contributed by atoms with Gasteiger partial charge in [0, 0.05) is 10.9 Å². The van der Waals surface area contributed by atoms with E-state index < -0.39 is 5.91 Å². The second-order valence-corrected chi connectivity index (χ2v) is 6.62. The Kier molecular flexibility index (Phi) is 4.47. The SMILES string of the molecule is NC(=O)Cc1csc(NC(=O)c2cn[nH]c2-c2ccc3c(c2)OCCO3)n1. The Morgan fingerprint density at radius 2 is 2.07 bits per heavy atom. The van der Waals surface area contributed by atoms with E-state index >= 15 is 0 Å². The van der Waals surface area contributed by atoms with Gasteiger partial charge in [-0.05, 0) is 18.2 Å². The fourth-order valence-corrected chi connectivity index (χ4v) is 3.37. The van der Waals surface area contributed by atoms with Crippen molar-refractivity contribution in [3.63, 3.8) is 0 Å². The summed E-state index contributed by atoms with van der Waals surface area (Å²) >= 11 is 1.22. The number of nitrogens with one attached hydrogen (secondary N) is 2. The highest BCUT2D eigenvalue weighted by Gasteiger charge is 2.19. The van der Waals surface area contributed by atoms with Crippen molar-refractivity contribution in [3.8, 4) is 22.8 Å². The van der Waals surface area contributed by atoms with Crippen LogP contribution in [0.2, 0.25) is 0 Å². The summed E-state index contributed by atoms with van der Waals surface area (Å²) in [5, 5.41) is 11.6. The smallest absolute Gasteiger partial charge is 0.261 e. The van der Waals surface area contributed by atoms with Crippen molar-refractivity contribution in [3.05, 3.63) is 41.0 Å². The second kappa shape index (κ2) is 7.08. The molecule has 138 valence electrons. The van der Waals surface area contributed by atoms with Gasteiger partial charge in [0.2, 0.25) is 5.91 Å². The predicted octanol–water partition coefficient (Wildman–Crippen LogP) is 1.58. The zero-order valence-corrected chi connectivity index (χ0v) is 14.8. The normalized spacial score (nSPS) is 12.6. The first kappa shape index (κ1) is 17.0. The van der Waals surface area contributed by atoms with Crippen molar-refractivity contribution < 1.29 is 19.1 Å². The molecule has 27 heavy (non-hydrogen) atoms. The summed E-state index contributed by atoms with van der Waals surface area (Å²) in [6.45, 7) is 0.986. The number of anilines is 1. The molecule has 0 atom stereocenters. The molecule has 9 nitrogen and oxygen atoms in total. The minimum Gasteiger partial charge on any atom is -0.486 e. The molecule has 3 heterocycles. The van der Waals surface area contributed by atoms with Crippen molar-refractivity contribution in [2.24, 2.45) is 5.73 Å². The maximum atomic E-state index is 12.6. The molecule has 4 rings (SSSR count). The van der Waals surface area contributed by atoms with Crippen LogP contribution in [0, 0.1) is 0 Å². The lowest BCUT2D eigenvalue weighted by atomic mass is 10.1. The molecular weight excluding hydrogens is 370 g/mol. The lowest BCUT2D eigenvalue weighted by Crippen LogP contribution is -2.15. The summed E-state index contributed by atoms with van der Waals surface area (Å²) in [6.07, 6.45) is 1.47. The summed E-state index contributed by atoms with van der Waals surface area (Å²) in [5.41, 5.74) is 7.33. The van der Waals surface area contributed by atoms with Gasteiger partial charge < -0.3 is 15.2 Å². The first-order chi connectivity index (χ1) is 13.1. The Morgan fingerprint density at radius 1 is 1.26 bits per heavy atom. The number of nitrogens with zero attached hydrogens (tertiary/aromatic N) is 2. The van der Waals surface area contributed by atoms with Gasteiger partial charge in [0.25, 0.3) is 5.91 Å². The molecule has 0 aliphatic carbocycles. The van der Waals surface area contributed by atoms with Crippen molar-refractivity contribution in [1.82, 2.24) is 15.2 Å². The lowest BCUT2D eigenvalue weighted by Gasteiger charge is -2.18. The van der Waals surface area contributed by atoms with E-state index in [0.29, 0.717) is 46.8 Å². The Balaban J connectivity index is 1.55. The van der Waals surface area contributed by atoms with Crippen molar-refractivity contribution in [1.29, 1.82) is 0 Å². The Labute approximate surface area is 157 Å². The van der Waals surface area contributed by atoms with Gasteiger partial charge in [0.15, 0.2) is 16.6 Å². The molecule has 0 fully saturated rings. The first-order valence-electron chi connectivity index (χ1n) is 8.07. The number of thiazole rings is 1. The summed E-state index contributed by atoms with van der Waals surface area (Å²) < 4.78 is 11.1. The standard InChI is InChI=1S/C17H15N5O4S/c18-14(23)6-10-8-27-17(20-10)21-16(24)11-7-19-22-15(11)9-1-2-12-13(5-9)26-4-3-25-12/h1-2,5,7-8H,3-4,6H2,(H2,18,23)(H,19,22)(H,20,21,24). The minimum atomic E-state index is -0.478. The van der Waals surface area contributed by atoms with Crippen LogP contribution < -0.4 is 20.5 Å². The average Bonchev–Trinajstić information content (AvgIpc) is 3.30. The Morgan fingerprint density at radius 3 is 2.89 bits per heavy atom. The molecule has 0 unspecified atom stereocenters. The van der Waals surface area contributed by atoms with Crippen molar-refractivity contribution in [2.45, 2.75) is 6.42 Å². The van der Waals surface area contributed by atoms with Crippen LogP contribution in [-0.2, 0) is 11.2 Å². The molecule has 1 aliphatic heterocycles. The van der Waals surface area contributed by atoms with E-state index in [1.54, 1.807) is 17.5 Å². The number of carbonyl (C=O) groups excluding carboxylic acids is 2.